The van der Waals surface area contributed by atoms with Crippen LogP contribution in [0.1, 0.15) is 73.9 Å². The van der Waals surface area contributed by atoms with Gasteiger partial charge in [0.1, 0.15) is 23.6 Å². The fourth-order valence-electron chi connectivity index (χ4n) is 6.80. The zero-order chi connectivity index (χ0) is 31.3. The molecule has 1 aromatic carbocycles. The van der Waals surface area contributed by atoms with Crippen molar-refractivity contribution in [2.24, 2.45) is 5.92 Å². The number of alkyl halides is 2. The van der Waals surface area contributed by atoms with E-state index in [4.69, 9.17) is 0 Å². The molecule has 1 aliphatic carbocycles. The normalized spacial score (nSPS) is 24.3. The van der Waals surface area contributed by atoms with Crippen molar-refractivity contribution in [1.29, 1.82) is 5.26 Å². The number of nitriles is 1. The summed E-state index contributed by atoms with van der Waals surface area (Å²) in [5.74, 6) is -4.96. The minimum Gasteiger partial charge on any atom is -0.363 e. The van der Waals surface area contributed by atoms with Crippen LogP contribution in [0.3, 0.4) is 0 Å². The fourth-order valence-corrected chi connectivity index (χ4v) is 6.80. The Bertz CT molecular complexity index is 1850. The number of piperidine rings is 1. The van der Waals surface area contributed by atoms with Crippen LogP contribution >= 0.6 is 0 Å². The van der Waals surface area contributed by atoms with Gasteiger partial charge in [-0.2, -0.15) is 5.26 Å². The van der Waals surface area contributed by atoms with Crippen LogP contribution in [0.5, 0.6) is 0 Å². The molecule has 2 fully saturated rings. The van der Waals surface area contributed by atoms with E-state index in [1.165, 1.54) is 24.5 Å². The summed E-state index contributed by atoms with van der Waals surface area (Å²) in [6.45, 7) is 4.06. The van der Waals surface area contributed by atoms with Crippen molar-refractivity contribution >= 4 is 16.9 Å². The highest BCUT2D eigenvalue weighted by atomic mass is 19.3. The number of hydrogen-bond donors (Lipinski definition) is 1. The number of fused-ring (bicyclic) bond motifs is 6. The second-order valence-corrected chi connectivity index (χ2v) is 12.6. The molecule has 4 aliphatic rings. The topological polar surface area (TPSA) is 118 Å². The minimum absolute atomic E-state index is 0.0887. The van der Waals surface area contributed by atoms with Crippen LogP contribution in [-0.4, -0.2) is 47.5 Å². The van der Waals surface area contributed by atoms with Crippen LogP contribution in [0.25, 0.3) is 11.0 Å². The Hall–Kier alpha value is -4.31. The van der Waals surface area contributed by atoms with Crippen LogP contribution in [0, 0.1) is 23.1 Å². The number of nitrogens with zero attached hydrogens (tertiary/aromatic N) is 8. The molecular formula is C32H34F3N9O. The molecule has 1 atom stereocenters. The lowest BCUT2D eigenvalue weighted by Gasteiger charge is -2.36. The SMILES string of the molecule is C[C@H]1Nc2ncnc3c2cc(C2(C#N)CC2)c(=O)n3CCCCn2cc(nn2)CN2CCC(CC2)C(F)(F)c2cccc1c2F. The molecule has 0 unspecified atom stereocenters. The van der Waals surface area contributed by atoms with Gasteiger partial charge in [0.2, 0.25) is 0 Å². The van der Waals surface area contributed by atoms with Gasteiger partial charge in [-0.1, -0.05) is 23.4 Å². The molecule has 10 nitrogen and oxygen atoms in total. The third kappa shape index (κ3) is 5.24. The Morgan fingerprint density at radius 3 is 2.60 bits per heavy atom. The maximum absolute atomic E-state index is 16.0. The number of halogens is 3. The van der Waals surface area contributed by atoms with E-state index < -0.39 is 34.7 Å². The van der Waals surface area contributed by atoms with Crippen molar-refractivity contribution in [3.63, 3.8) is 0 Å². The Kier molecular flexibility index (Phi) is 7.35. The molecule has 4 aromatic rings. The van der Waals surface area contributed by atoms with E-state index >= 15 is 13.2 Å². The van der Waals surface area contributed by atoms with Gasteiger partial charge in [-0.25, -0.2) is 23.1 Å². The van der Waals surface area contributed by atoms with Crippen molar-refractivity contribution in [2.45, 2.75) is 82.5 Å². The molecule has 234 valence electrons. The first-order chi connectivity index (χ1) is 21.7. The number of pyridine rings is 1. The average molecular weight is 618 g/mol. The van der Waals surface area contributed by atoms with Gasteiger partial charge in [-0.05, 0) is 64.6 Å². The summed E-state index contributed by atoms with van der Waals surface area (Å²) in [6.07, 6.45) is 6.19. The lowest BCUT2D eigenvalue weighted by Crippen LogP contribution is -2.39. The van der Waals surface area contributed by atoms with E-state index in [0.717, 1.165) is 5.69 Å². The summed E-state index contributed by atoms with van der Waals surface area (Å²) < 4.78 is 51.2. The van der Waals surface area contributed by atoms with Gasteiger partial charge in [0.25, 0.3) is 11.5 Å². The summed E-state index contributed by atoms with van der Waals surface area (Å²) in [5.41, 5.74) is -0.115. The minimum atomic E-state index is -3.35. The highest BCUT2D eigenvalue weighted by molar-refractivity contribution is 5.87. The standard InChI is InChI=1S/C32H34F3N9O/c1-20-23-5-4-6-25(27(23)33)32(34,35)21-7-13-42(14-8-21)16-22-17-43(41-40-22)11-2-3-12-44-29-24(28(39-20)37-19-38-29)15-26(30(44)45)31(18-36)9-10-31/h4-6,15,17,19-21H,2-3,7-14,16H2,1H3,(H,37,38,39)/t20-/m1/s1. The first kappa shape index (κ1) is 29.4. The largest absolute Gasteiger partial charge is 0.363 e. The molecule has 8 rings (SSSR count). The molecule has 45 heavy (non-hydrogen) atoms. The first-order valence-corrected chi connectivity index (χ1v) is 15.5. The number of nitrogens with one attached hydrogen (secondary N) is 1. The quantitative estimate of drug-likeness (QED) is 0.316. The number of rotatable bonds is 1. The van der Waals surface area contributed by atoms with Gasteiger partial charge in [-0.15, -0.1) is 5.10 Å². The average Bonchev–Trinajstić information content (AvgIpc) is 3.71. The number of benzene rings is 1. The molecule has 1 saturated heterocycles. The predicted molar refractivity (Wildman–Crippen MR) is 160 cm³/mol. The molecule has 3 aliphatic heterocycles. The summed E-state index contributed by atoms with van der Waals surface area (Å²) in [5, 5.41) is 22.2. The molecule has 3 aromatic heterocycles. The molecule has 1 saturated carbocycles. The second-order valence-electron chi connectivity index (χ2n) is 12.6. The number of anilines is 1. The summed E-state index contributed by atoms with van der Waals surface area (Å²) in [6, 6.07) is 7.40. The molecule has 13 heteroatoms. The van der Waals surface area contributed by atoms with Crippen molar-refractivity contribution in [2.75, 3.05) is 18.4 Å². The lowest BCUT2D eigenvalue weighted by atomic mass is 9.85. The maximum atomic E-state index is 16.0. The lowest BCUT2D eigenvalue weighted by molar-refractivity contribution is -0.0886. The highest BCUT2D eigenvalue weighted by Gasteiger charge is 2.48. The Morgan fingerprint density at radius 2 is 1.84 bits per heavy atom. The van der Waals surface area contributed by atoms with E-state index in [0.29, 0.717) is 80.8 Å². The number of aromatic nitrogens is 6. The molecular weight excluding hydrogens is 583 g/mol. The number of aryl methyl sites for hydroxylation is 2. The van der Waals surface area contributed by atoms with Crippen LogP contribution in [0.15, 0.2) is 41.6 Å². The van der Waals surface area contributed by atoms with Crippen LogP contribution in [0.2, 0.25) is 0 Å². The van der Waals surface area contributed by atoms with Crippen molar-refractivity contribution in [3.8, 4) is 6.07 Å². The molecule has 10 bridgehead atoms. The number of hydrogen-bond acceptors (Lipinski definition) is 8. The monoisotopic (exact) mass is 617 g/mol. The van der Waals surface area contributed by atoms with Gasteiger partial charge in [0, 0.05) is 42.9 Å². The first-order valence-electron chi connectivity index (χ1n) is 15.5. The third-order valence-electron chi connectivity index (χ3n) is 9.66. The van der Waals surface area contributed by atoms with Crippen LogP contribution in [0.4, 0.5) is 19.0 Å². The zero-order valence-corrected chi connectivity index (χ0v) is 25.0. The van der Waals surface area contributed by atoms with Crippen LogP contribution < -0.4 is 10.9 Å². The molecule has 0 amide bonds. The van der Waals surface area contributed by atoms with E-state index in [1.54, 1.807) is 22.2 Å². The Balaban J connectivity index is 1.32. The second kappa shape index (κ2) is 11.2. The van der Waals surface area contributed by atoms with Crippen molar-refractivity contribution < 1.29 is 13.2 Å². The van der Waals surface area contributed by atoms with Gasteiger partial charge < -0.3 is 5.32 Å². The maximum Gasteiger partial charge on any atom is 0.278 e. The smallest absolute Gasteiger partial charge is 0.278 e. The molecule has 6 heterocycles. The Morgan fingerprint density at radius 1 is 1.07 bits per heavy atom. The summed E-state index contributed by atoms with van der Waals surface area (Å²) in [4.78, 5) is 24.7. The van der Waals surface area contributed by atoms with Gasteiger partial charge in [0.15, 0.2) is 0 Å². The third-order valence-corrected chi connectivity index (χ3v) is 9.66. The van der Waals surface area contributed by atoms with E-state index in [-0.39, 0.29) is 24.0 Å². The van der Waals surface area contributed by atoms with Crippen molar-refractivity contribution in [1.82, 2.24) is 34.4 Å². The fraction of sp³-hybridized carbons (Fsp3) is 0.500. The zero-order valence-electron chi connectivity index (χ0n) is 25.0. The summed E-state index contributed by atoms with van der Waals surface area (Å²) in [7, 11) is 0. The Labute approximate surface area is 257 Å². The molecule has 0 radical (unpaired) electrons. The van der Waals surface area contributed by atoms with Crippen LogP contribution in [-0.2, 0) is 31.0 Å². The molecule has 1 N–H and O–H groups in total. The highest BCUT2D eigenvalue weighted by Crippen LogP contribution is 2.47. The van der Waals surface area contributed by atoms with Gasteiger partial charge in [0.05, 0.1) is 34.2 Å². The predicted octanol–water partition coefficient (Wildman–Crippen LogP) is 5.05. The van der Waals surface area contributed by atoms with E-state index in [1.807, 2.05) is 6.20 Å². The van der Waals surface area contributed by atoms with Crippen molar-refractivity contribution in [3.05, 3.63) is 75.3 Å². The summed E-state index contributed by atoms with van der Waals surface area (Å²) >= 11 is 0. The molecule has 0 spiro atoms. The van der Waals surface area contributed by atoms with Gasteiger partial charge in [-0.3, -0.25) is 18.9 Å². The van der Waals surface area contributed by atoms with E-state index in [9.17, 15) is 10.1 Å². The van der Waals surface area contributed by atoms with E-state index in [2.05, 4.69) is 36.6 Å². The van der Waals surface area contributed by atoms with Gasteiger partial charge >= 0.3 is 0 Å².